The lowest BCUT2D eigenvalue weighted by atomic mass is 10.0. The molecule has 158 valence electrons. The molecule has 2 heterocycles. The molecule has 0 unspecified atom stereocenters. The van der Waals surface area contributed by atoms with E-state index in [4.69, 9.17) is 4.74 Å². The van der Waals surface area contributed by atoms with E-state index >= 15 is 0 Å². The van der Waals surface area contributed by atoms with Gasteiger partial charge in [0, 0.05) is 25.4 Å². The molecule has 0 N–H and O–H groups in total. The molecule has 2 saturated heterocycles. The molecule has 30 heavy (non-hydrogen) atoms. The molecule has 2 aromatic carbocycles. The molecule has 2 fully saturated rings. The first-order valence-corrected chi connectivity index (χ1v) is 11.2. The summed E-state index contributed by atoms with van der Waals surface area (Å²) in [5.74, 6) is 0.0477. The maximum absolute atomic E-state index is 14.1. The van der Waals surface area contributed by atoms with Crippen LogP contribution in [0, 0.1) is 5.82 Å². The fraction of sp³-hybridized carbons (Fsp3) is 0.391. The summed E-state index contributed by atoms with van der Waals surface area (Å²) >= 11 is 1.74. The second-order valence-corrected chi connectivity index (χ2v) is 9.05. The molecule has 5 nitrogen and oxygen atoms in total. The van der Waals surface area contributed by atoms with E-state index in [0.717, 1.165) is 11.3 Å². The van der Waals surface area contributed by atoms with Crippen molar-refractivity contribution in [2.45, 2.75) is 24.3 Å². The maximum atomic E-state index is 14.1. The van der Waals surface area contributed by atoms with Crippen LogP contribution in [0.4, 0.5) is 4.39 Å². The summed E-state index contributed by atoms with van der Waals surface area (Å²) in [4.78, 5) is 28.8. The number of amides is 2. The first kappa shape index (κ1) is 20.9. The van der Waals surface area contributed by atoms with Gasteiger partial charge in [-0.3, -0.25) is 9.59 Å². The Morgan fingerprint density at radius 2 is 1.70 bits per heavy atom. The Morgan fingerprint density at radius 3 is 2.43 bits per heavy atom. The molecule has 1 spiro atoms. The topological polar surface area (TPSA) is 49.9 Å². The normalized spacial score (nSPS) is 18.0. The van der Waals surface area contributed by atoms with Crippen molar-refractivity contribution in [2.24, 2.45) is 0 Å². The van der Waals surface area contributed by atoms with Gasteiger partial charge >= 0.3 is 0 Å². The van der Waals surface area contributed by atoms with Gasteiger partial charge in [-0.1, -0.05) is 42.5 Å². The van der Waals surface area contributed by atoms with Crippen molar-refractivity contribution in [3.63, 3.8) is 0 Å². The Morgan fingerprint density at radius 1 is 1.00 bits per heavy atom. The van der Waals surface area contributed by atoms with Crippen LogP contribution in [0.25, 0.3) is 0 Å². The van der Waals surface area contributed by atoms with Crippen LogP contribution in [0.5, 0.6) is 0 Å². The minimum atomic E-state index is -0.488. The van der Waals surface area contributed by atoms with Crippen molar-refractivity contribution in [3.05, 3.63) is 71.5 Å². The molecule has 2 aromatic rings. The van der Waals surface area contributed by atoms with Crippen LogP contribution in [-0.4, -0.2) is 58.5 Å². The number of benzene rings is 2. The lowest BCUT2D eigenvalue weighted by Gasteiger charge is -2.44. The highest BCUT2D eigenvalue weighted by atomic mass is 32.2. The van der Waals surface area contributed by atoms with E-state index in [9.17, 15) is 14.0 Å². The van der Waals surface area contributed by atoms with Gasteiger partial charge in [0.2, 0.25) is 5.91 Å². The molecular formula is C23H25FN2O3S. The van der Waals surface area contributed by atoms with Gasteiger partial charge in [0.15, 0.2) is 0 Å². The molecular weight excluding hydrogens is 403 g/mol. The minimum absolute atomic E-state index is 0.0317. The molecule has 0 aliphatic carbocycles. The van der Waals surface area contributed by atoms with Crippen molar-refractivity contribution < 1.29 is 18.7 Å². The molecule has 7 heteroatoms. The molecule has 0 radical (unpaired) electrons. The van der Waals surface area contributed by atoms with E-state index in [1.165, 1.54) is 12.1 Å². The number of rotatable bonds is 5. The van der Waals surface area contributed by atoms with Crippen molar-refractivity contribution in [1.29, 1.82) is 0 Å². The summed E-state index contributed by atoms with van der Waals surface area (Å²) in [5.41, 5.74) is 1.15. The third-order valence-electron chi connectivity index (χ3n) is 5.76. The summed E-state index contributed by atoms with van der Waals surface area (Å²) in [6, 6.07) is 15.9. The lowest BCUT2D eigenvalue weighted by Crippen LogP contribution is -2.54. The van der Waals surface area contributed by atoms with Gasteiger partial charge in [0.25, 0.3) is 5.91 Å². The Balaban J connectivity index is 1.33. The predicted molar refractivity (Wildman–Crippen MR) is 115 cm³/mol. The average molecular weight is 429 g/mol. The average Bonchev–Trinajstić information content (AvgIpc) is 3.17. The predicted octanol–water partition coefficient (Wildman–Crippen LogP) is 3.55. The first-order chi connectivity index (χ1) is 14.6. The van der Waals surface area contributed by atoms with Gasteiger partial charge < -0.3 is 14.5 Å². The molecule has 0 bridgehead atoms. The highest BCUT2D eigenvalue weighted by Gasteiger charge is 2.47. The highest BCUT2D eigenvalue weighted by molar-refractivity contribution is 8.00. The molecule has 2 aliphatic rings. The number of carbonyl (C=O) groups is 2. The van der Waals surface area contributed by atoms with Crippen LogP contribution < -0.4 is 0 Å². The monoisotopic (exact) mass is 428 g/mol. The quantitative estimate of drug-likeness (QED) is 0.731. The van der Waals surface area contributed by atoms with Crippen LogP contribution in [0.2, 0.25) is 0 Å². The number of halogens is 1. The maximum Gasteiger partial charge on any atom is 0.257 e. The molecule has 0 saturated carbocycles. The zero-order valence-electron chi connectivity index (χ0n) is 16.8. The van der Waals surface area contributed by atoms with Gasteiger partial charge in [-0.25, -0.2) is 4.39 Å². The van der Waals surface area contributed by atoms with Crippen LogP contribution in [-0.2, 0) is 16.1 Å². The molecule has 2 aliphatic heterocycles. The number of hydrogen-bond donors (Lipinski definition) is 0. The Bertz CT molecular complexity index is 900. The largest absolute Gasteiger partial charge is 0.367 e. The van der Waals surface area contributed by atoms with Crippen LogP contribution >= 0.6 is 11.8 Å². The smallest absolute Gasteiger partial charge is 0.257 e. The standard InChI is InChI=1S/C23H25FN2O3S/c24-20-9-5-4-8-19(20)22(28)26-14-15-30-23(26)10-12-25(13-11-23)21(27)17-29-16-18-6-2-1-3-7-18/h1-9H,10-17H2. The van der Waals surface area contributed by atoms with E-state index in [2.05, 4.69) is 0 Å². The number of ether oxygens (including phenoxy) is 1. The summed E-state index contributed by atoms with van der Waals surface area (Å²) < 4.78 is 19.7. The highest BCUT2D eigenvalue weighted by Crippen LogP contribution is 2.44. The fourth-order valence-electron chi connectivity index (χ4n) is 4.12. The zero-order valence-corrected chi connectivity index (χ0v) is 17.6. The lowest BCUT2D eigenvalue weighted by molar-refractivity contribution is -0.138. The van der Waals surface area contributed by atoms with Crippen molar-refractivity contribution in [2.75, 3.05) is 32.0 Å². The van der Waals surface area contributed by atoms with Crippen molar-refractivity contribution in [1.82, 2.24) is 9.80 Å². The van der Waals surface area contributed by atoms with Crippen molar-refractivity contribution in [3.8, 4) is 0 Å². The number of piperidine rings is 1. The number of carbonyl (C=O) groups excluding carboxylic acids is 2. The Hall–Kier alpha value is -2.38. The van der Waals surface area contributed by atoms with E-state index in [0.29, 0.717) is 39.1 Å². The molecule has 0 aromatic heterocycles. The van der Waals surface area contributed by atoms with Crippen LogP contribution in [0.3, 0.4) is 0 Å². The zero-order chi connectivity index (χ0) is 21.0. The van der Waals surface area contributed by atoms with Gasteiger partial charge in [0.05, 0.1) is 17.0 Å². The van der Waals surface area contributed by atoms with Crippen molar-refractivity contribution >= 4 is 23.6 Å². The molecule has 0 atom stereocenters. The van der Waals surface area contributed by atoms with Gasteiger partial charge in [-0.15, -0.1) is 11.8 Å². The SMILES string of the molecule is O=C(COCc1ccccc1)N1CCC2(CC1)SCCN2C(=O)c1ccccc1F. The van der Waals surface area contributed by atoms with E-state index < -0.39 is 5.82 Å². The van der Waals surface area contributed by atoms with E-state index in [-0.39, 0.29) is 28.9 Å². The number of thioether (sulfide) groups is 1. The third-order valence-corrected chi connectivity index (χ3v) is 7.31. The van der Waals surface area contributed by atoms with Gasteiger partial charge in [-0.2, -0.15) is 0 Å². The Kier molecular flexibility index (Phi) is 6.39. The molecule has 4 rings (SSSR count). The summed E-state index contributed by atoms with van der Waals surface area (Å²) in [7, 11) is 0. The van der Waals surface area contributed by atoms with E-state index in [1.54, 1.807) is 28.8 Å². The second-order valence-electron chi connectivity index (χ2n) is 7.59. The number of likely N-dealkylation sites (tertiary alicyclic amines) is 1. The first-order valence-electron chi connectivity index (χ1n) is 10.2. The summed E-state index contributed by atoms with van der Waals surface area (Å²) in [5, 5.41) is 0. The fourth-order valence-corrected chi connectivity index (χ4v) is 5.57. The number of hydrogen-bond acceptors (Lipinski definition) is 4. The van der Waals surface area contributed by atoms with Gasteiger partial charge in [0.1, 0.15) is 12.4 Å². The number of nitrogens with zero attached hydrogens (tertiary/aromatic N) is 2. The molecule has 2 amide bonds. The van der Waals surface area contributed by atoms with Crippen LogP contribution in [0.1, 0.15) is 28.8 Å². The minimum Gasteiger partial charge on any atom is -0.367 e. The van der Waals surface area contributed by atoms with Gasteiger partial charge in [-0.05, 0) is 30.5 Å². The second kappa shape index (κ2) is 9.18. The summed E-state index contributed by atoms with van der Waals surface area (Å²) in [6.45, 7) is 2.20. The summed E-state index contributed by atoms with van der Waals surface area (Å²) in [6.07, 6.45) is 1.37. The Labute approximate surface area is 180 Å². The third kappa shape index (κ3) is 4.37. The van der Waals surface area contributed by atoms with E-state index in [1.807, 2.05) is 35.2 Å². The van der Waals surface area contributed by atoms with Crippen LogP contribution in [0.15, 0.2) is 54.6 Å².